The van der Waals surface area contributed by atoms with Crippen molar-refractivity contribution < 1.29 is 0 Å². The fraction of sp³-hybridized carbons (Fsp3) is 0.500. The van der Waals surface area contributed by atoms with Crippen LogP contribution in [0.4, 0.5) is 5.69 Å². The molecule has 0 saturated heterocycles. The molecule has 114 valence electrons. The van der Waals surface area contributed by atoms with Crippen LogP contribution in [0.2, 0.25) is 0 Å². The number of nitrogens with zero attached hydrogens (tertiary/aromatic N) is 2. The standard InChI is InChI=1S/C18H27N3/c1-4-7-15-8-10-16(11-9-15)19-14-17-12-13-21(20-17)18(5-2)6-3/h8-13,18-19H,4-7,14H2,1-3H3. The smallest absolute Gasteiger partial charge is 0.0815 e. The monoisotopic (exact) mass is 285 g/mol. The molecule has 0 saturated carbocycles. The van der Waals surface area contributed by atoms with Gasteiger partial charge in [0.05, 0.1) is 18.3 Å². The Balaban J connectivity index is 1.90. The first-order chi connectivity index (χ1) is 10.3. The second kappa shape index (κ2) is 7.87. The van der Waals surface area contributed by atoms with Crippen molar-refractivity contribution in [2.45, 2.75) is 59.0 Å². The summed E-state index contributed by atoms with van der Waals surface area (Å²) in [5.41, 5.74) is 3.66. The maximum Gasteiger partial charge on any atom is 0.0815 e. The van der Waals surface area contributed by atoms with Gasteiger partial charge in [0.25, 0.3) is 0 Å². The molecule has 2 aromatic rings. The van der Waals surface area contributed by atoms with E-state index in [0.29, 0.717) is 6.04 Å². The Kier molecular flexibility index (Phi) is 5.85. The Bertz CT molecular complexity index is 524. The fourth-order valence-corrected chi connectivity index (χ4v) is 2.61. The zero-order valence-electron chi connectivity index (χ0n) is 13.5. The maximum absolute atomic E-state index is 4.67. The average Bonchev–Trinajstić information content (AvgIpc) is 2.97. The molecule has 0 radical (unpaired) electrons. The highest BCUT2D eigenvalue weighted by Gasteiger charge is 2.07. The number of benzene rings is 1. The van der Waals surface area contributed by atoms with Crippen LogP contribution in [0, 0.1) is 0 Å². The highest BCUT2D eigenvalue weighted by atomic mass is 15.3. The van der Waals surface area contributed by atoms with Crippen LogP contribution < -0.4 is 5.32 Å². The van der Waals surface area contributed by atoms with E-state index < -0.39 is 0 Å². The van der Waals surface area contributed by atoms with Gasteiger partial charge in [-0.05, 0) is 43.0 Å². The molecule has 0 aliphatic carbocycles. The zero-order valence-corrected chi connectivity index (χ0v) is 13.5. The highest BCUT2D eigenvalue weighted by molar-refractivity contribution is 5.44. The molecule has 0 atom stereocenters. The lowest BCUT2D eigenvalue weighted by molar-refractivity contribution is 0.426. The largest absolute Gasteiger partial charge is 0.379 e. The van der Waals surface area contributed by atoms with Gasteiger partial charge in [-0.1, -0.05) is 39.3 Å². The van der Waals surface area contributed by atoms with Crippen LogP contribution in [0.3, 0.4) is 0 Å². The van der Waals surface area contributed by atoms with Gasteiger partial charge in [-0.2, -0.15) is 5.10 Å². The minimum atomic E-state index is 0.520. The lowest BCUT2D eigenvalue weighted by Gasteiger charge is -2.12. The Morgan fingerprint density at radius 1 is 1.05 bits per heavy atom. The van der Waals surface area contributed by atoms with Gasteiger partial charge in [0.2, 0.25) is 0 Å². The number of hydrogen-bond acceptors (Lipinski definition) is 2. The molecule has 0 unspecified atom stereocenters. The third-order valence-electron chi connectivity index (χ3n) is 3.95. The normalized spacial score (nSPS) is 11.0. The summed E-state index contributed by atoms with van der Waals surface area (Å²) in [5, 5.41) is 8.11. The third kappa shape index (κ3) is 4.35. The Labute approximate surface area is 128 Å². The van der Waals surface area contributed by atoms with Crippen LogP contribution in [0.5, 0.6) is 0 Å². The van der Waals surface area contributed by atoms with Gasteiger partial charge in [0, 0.05) is 11.9 Å². The molecule has 1 aromatic heterocycles. The van der Waals surface area contributed by atoms with Crippen molar-refractivity contribution >= 4 is 5.69 Å². The summed E-state index contributed by atoms with van der Waals surface area (Å²) in [6.07, 6.45) is 6.70. The van der Waals surface area contributed by atoms with Crippen LogP contribution in [-0.4, -0.2) is 9.78 Å². The van der Waals surface area contributed by atoms with E-state index in [1.807, 2.05) is 0 Å². The fourth-order valence-electron chi connectivity index (χ4n) is 2.61. The van der Waals surface area contributed by atoms with E-state index in [9.17, 15) is 0 Å². The minimum Gasteiger partial charge on any atom is -0.379 e. The van der Waals surface area contributed by atoms with E-state index in [4.69, 9.17) is 0 Å². The lowest BCUT2D eigenvalue weighted by Crippen LogP contribution is -2.09. The van der Waals surface area contributed by atoms with Crippen molar-refractivity contribution in [3.05, 3.63) is 47.8 Å². The van der Waals surface area contributed by atoms with E-state index in [1.54, 1.807) is 0 Å². The first-order valence-corrected chi connectivity index (χ1v) is 8.13. The molecule has 0 aliphatic heterocycles. The van der Waals surface area contributed by atoms with Gasteiger partial charge in [-0.15, -0.1) is 0 Å². The molecule has 0 fully saturated rings. The van der Waals surface area contributed by atoms with Gasteiger partial charge in [-0.3, -0.25) is 4.68 Å². The SMILES string of the molecule is CCCc1ccc(NCc2ccn(C(CC)CC)n2)cc1. The van der Waals surface area contributed by atoms with Crippen molar-refractivity contribution in [1.29, 1.82) is 0 Å². The number of rotatable bonds is 8. The molecule has 21 heavy (non-hydrogen) atoms. The van der Waals surface area contributed by atoms with Gasteiger partial charge in [0.15, 0.2) is 0 Å². The molecule has 0 spiro atoms. The summed E-state index contributed by atoms with van der Waals surface area (Å²) in [5.74, 6) is 0. The average molecular weight is 285 g/mol. The summed E-state index contributed by atoms with van der Waals surface area (Å²) >= 11 is 0. The van der Waals surface area contributed by atoms with Crippen molar-refractivity contribution in [3.8, 4) is 0 Å². The number of aromatic nitrogens is 2. The number of aryl methyl sites for hydroxylation is 1. The minimum absolute atomic E-state index is 0.520. The highest BCUT2D eigenvalue weighted by Crippen LogP contribution is 2.16. The van der Waals surface area contributed by atoms with Crippen LogP contribution >= 0.6 is 0 Å². The van der Waals surface area contributed by atoms with E-state index in [0.717, 1.165) is 37.2 Å². The Morgan fingerprint density at radius 3 is 2.38 bits per heavy atom. The van der Waals surface area contributed by atoms with E-state index >= 15 is 0 Å². The second-order valence-electron chi connectivity index (χ2n) is 5.56. The summed E-state index contributed by atoms with van der Waals surface area (Å²) in [6, 6.07) is 11.3. The predicted molar refractivity (Wildman–Crippen MR) is 89.6 cm³/mol. The second-order valence-corrected chi connectivity index (χ2v) is 5.56. The van der Waals surface area contributed by atoms with E-state index in [1.165, 1.54) is 12.0 Å². The molecule has 0 aliphatic rings. The molecule has 1 N–H and O–H groups in total. The van der Waals surface area contributed by atoms with E-state index in [-0.39, 0.29) is 0 Å². The van der Waals surface area contributed by atoms with Crippen molar-refractivity contribution in [2.75, 3.05) is 5.32 Å². The van der Waals surface area contributed by atoms with Crippen molar-refractivity contribution in [3.63, 3.8) is 0 Å². The predicted octanol–water partition coefficient (Wildman–Crippen LogP) is 4.81. The van der Waals surface area contributed by atoms with Crippen LogP contribution in [0.25, 0.3) is 0 Å². The van der Waals surface area contributed by atoms with Crippen molar-refractivity contribution in [1.82, 2.24) is 9.78 Å². The van der Waals surface area contributed by atoms with Gasteiger partial charge in [-0.25, -0.2) is 0 Å². The number of hydrogen-bond donors (Lipinski definition) is 1. The number of nitrogens with one attached hydrogen (secondary N) is 1. The van der Waals surface area contributed by atoms with Gasteiger partial charge in [0.1, 0.15) is 0 Å². The Hall–Kier alpha value is -1.77. The van der Waals surface area contributed by atoms with Gasteiger partial charge < -0.3 is 5.32 Å². The van der Waals surface area contributed by atoms with Gasteiger partial charge >= 0.3 is 0 Å². The quantitative estimate of drug-likeness (QED) is 0.754. The topological polar surface area (TPSA) is 29.9 Å². The molecule has 2 rings (SSSR count). The molecular formula is C18H27N3. The summed E-state index contributed by atoms with van der Waals surface area (Å²) in [6.45, 7) is 7.42. The van der Waals surface area contributed by atoms with Crippen molar-refractivity contribution in [2.24, 2.45) is 0 Å². The Morgan fingerprint density at radius 2 is 1.76 bits per heavy atom. The van der Waals surface area contributed by atoms with Crippen LogP contribution in [0.1, 0.15) is 57.3 Å². The summed E-state index contributed by atoms with van der Waals surface area (Å²) in [7, 11) is 0. The summed E-state index contributed by atoms with van der Waals surface area (Å²) in [4.78, 5) is 0. The summed E-state index contributed by atoms with van der Waals surface area (Å²) < 4.78 is 2.10. The van der Waals surface area contributed by atoms with E-state index in [2.05, 4.69) is 72.4 Å². The number of anilines is 1. The maximum atomic E-state index is 4.67. The zero-order chi connectivity index (χ0) is 15.1. The molecule has 3 heteroatoms. The molecule has 1 aromatic carbocycles. The molecular weight excluding hydrogens is 258 g/mol. The lowest BCUT2D eigenvalue weighted by atomic mass is 10.1. The molecule has 0 bridgehead atoms. The third-order valence-corrected chi connectivity index (χ3v) is 3.95. The molecule has 0 amide bonds. The van der Waals surface area contributed by atoms with Crippen LogP contribution in [-0.2, 0) is 13.0 Å². The first kappa shape index (κ1) is 15.6. The molecule has 3 nitrogen and oxygen atoms in total. The molecule has 1 heterocycles. The first-order valence-electron chi connectivity index (χ1n) is 8.13. The van der Waals surface area contributed by atoms with Crippen LogP contribution in [0.15, 0.2) is 36.5 Å².